The second kappa shape index (κ2) is 11.2. The molecule has 1 aliphatic heterocycles. The molecule has 194 valence electrons. The minimum absolute atomic E-state index is 0.233. The summed E-state index contributed by atoms with van der Waals surface area (Å²) < 4.78 is 13.6. The third-order valence-corrected chi connectivity index (χ3v) is 8.51. The molecule has 9 heteroatoms. The van der Waals surface area contributed by atoms with Gasteiger partial charge in [0.1, 0.15) is 5.76 Å². The maximum atomic E-state index is 13.8. The van der Waals surface area contributed by atoms with Crippen molar-refractivity contribution < 1.29 is 13.9 Å². The molecule has 0 N–H and O–H groups in total. The van der Waals surface area contributed by atoms with Gasteiger partial charge in [-0.15, -0.1) is 11.8 Å². The number of furan rings is 1. The lowest BCUT2D eigenvalue weighted by molar-refractivity contribution is -0.143. The molecule has 4 aromatic rings. The zero-order valence-corrected chi connectivity index (χ0v) is 23.8. The summed E-state index contributed by atoms with van der Waals surface area (Å²) in [7, 11) is 0. The molecule has 0 unspecified atom stereocenters. The maximum absolute atomic E-state index is 13.8. The van der Waals surface area contributed by atoms with Crippen LogP contribution in [0.3, 0.4) is 0 Å². The highest BCUT2D eigenvalue weighted by Crippen LogP contribution is 2.32. The van der Waals surface area contributed by atoms with Gasteiger partial charge in [-0.1, -0.05) is 53.4 Å². The van der Waals surface area contributed by atoms with Crippen molar-refractivity contribution in [1.82, 2.24) is 4.57 Å². The van der Waals surface area contributed by atoms with E-state index >= 15 is 0 Å². The standard InChI is InChI=1S/C29H26N2O4S3/c1-17(2)34-28(33)25-18(3)30-29-31(26(25)19-10-13-21(36-4)14-11-19)27(32)23(38-29)16-20-12-15-24(35-20)37-22-8-6-5-7-9-22/h5-17,26H,1-4H3/b23-16+/t26-/m1/s1. The summed E-state index contributed by atoms with van der Waals surface area (Å²) in [4.78, 5) is 34.3. The van der Waals surface area contributed by atoms with Crippen LogP contribution in [0.2, 0.25) is 0 Å². The van der Waals surface area contributed by atoms with Gasteiger partial charge in [0, 0.05) is 15.9 Å². The summed E-state index contributed by atoms with van der Waals surface area (Å²) in [5, 5.41) is 0.733. The van der Waals surface area contributed by atoms with Crippen molar-refractivity contribution in [2.75, 3.05) is 6.26 Å². The molecule has 5 rings (SSSR count). The van der Waals surface area contributed by atoms with Gasteiger partial charge >= 0.3 is 5.97 Å². The van der Waals surface area contributed by atoms with Gasteiger partial charge in [-0.3, -0.25) is 9.36 Å². The number of esters is 1. The third-order valence-electron chi connectivity index (χ3n) is 5.85. The van der Waals surface area contributed by atoms with E-state index < -0.39 is 12.0 Å². The van der Waals surface area contributed by atoms with Crippen molar-refractivity contribution in [2.24, 2.45) is 4.99 Å². The van der Waals surface area contributed by atoms with E-state index in [1.807, 2.05) is 73.0 Å². The average molecular weight is 563 g/mol. The first-order valence-electron chi connectivity index (χ1n) is 12.0. The molecule has 6 nitrogen and oxygen atoms in total. The van der Waals surface area contributed by atoms with Crippen LogP contribution in [0.15, 0.2) is 107 Å². The lowest BCUT2D eigenvalue weighted by atomic mass is 9.96. The summed E-state index contributed by atoms with van der Waals surface area (Å²) in [6.07, 6.45) is 3.44. The third kappa shape index (κ3) is 5.45. The van der Waals surface area contributed by atoms with Gasteiger partial charge in [0.05, 0.1) is 27.9 Å². The van der Waals surface area contributed by atoms with Gasteiger partial charge in [0.2, 0.25) is 0 Å². The molecule has 2 aromatic carbocycles. The number of carbonyl (C=O) groups excluding carboxylic acids is 1. The van der Waals surface area contributed by atoms with E-state index in [0.29, 0.717) is 26.4 Å². The van der Waals surface area contributed by atoms with Crippen LogP contribution in [0, 0.1) is 0 Å². The molecule has 0 aliphatic carbocycles. The van der Waals surface area contributed by atoms with Crippen LogP contribution >= 0.6 is 34.9 Å². The predicted molar refractivity (Wildman–Crippen MR) is 152 cm³/mol. The lowest BCUT2D eigenvalue weighted by Gasteiger charge is -2.25. The monoisotopic (exact) mass is 562 g/mol. The van der Waals surface area contributed by atoms with Gasteiger partial charge in [-0.25, -0.2) is 9.79 Å². The van der Waals surface area contributed by atoms with E-state index in [0.717, 1.165) is 20.4 Å². The van der Waals surface area contributed by atoms with E-state index in [9.17, 15) is 9.59 Å². The van der Waals surface area contributed by atoms with Crippen molar-refractivity contribution in [3.05, 3.63) is 109 Å². The Balaban J connectivity index is 1.58. The molecular formula is C29H26N2O4S3. The second-order valence-electron chi connectivity index (χ2n) is 8.88. The molecule has 0 bridgehead atoms. The fourth-order valence-electron chi connectivity index (χ4n) is 4.16. The van der Waals surface area contributed by atoms with Gasteiger partial charge in [-0.2, -0.15) is 0 Å². The van der Waals surface area contributed by atoms with Crippen LogP contribution in [0.1, 0.15) is 38.1 Å². The van der Waals surface area contributed by atoms with E-state index in [1.54, 1.807) is 43.2 Å². The maximum Gasteiger partial charge on any atom is 0.338 e. The van der Waals surface area contributed by atoms with Gasteiger partial charge in [0.25, 0.3) is 5.56 Å². The number of fused-ring (bicyclic) bond motifs is 1. The number of hydrogen-bond acceptors (Lipinski definition) is 8. The summed E-state index contributed by atoms with van der Waals surface area (Å²) in [6.45, 7) is 5.40. The zero-order valence-electron chi connectivity index (χ0n) is 21.3. The van der Waals surface area contributed by atoms with Crippen LogP contribution in [0.25, 0.3) is 6.08 Å². The summed E-state index contributed by atoms with van der Waals surface area (Å²) in [6, 6.07) is 20.9. The number of benzene rings is 2. The van der Waals surface area contributed by atoms with Crippen molar-refractivity contribution >= 4 is 46.9 Å². The summed E-state index contributed by atoms with van der Waals surface area (Å²) >= 11 is 4.42. The van der Waals surface area contributed by atoms with Crippen LogP contribution in [0.4, 0.5) is 0 Å². The Morgan fingerprint density at radius 1 is 1.08 bits per heavy atom. The lowest BCUT2D eigenvalue weighted by Crippen LogP contribution is -2.40. The molecule has 38 heavy (non-hydrogen) atoms. The van der Waals surface area contributed by atoms with E-state index in [2.05, 4.69) is 4.99 Å². The van der Waals surface area contributed by atoms with Crippen LogP contribution in [0.5, 0.6) is 0 Å². The first-order valence-corrected chi connectivity index (χ1v) is 14.9. The molecule has 0 saturated heterocycles. The fraction of sp³-hybridized carbons (Fsp3) is 0.207. The Bertz CT molecular complexity index is 1680. The number of thiazole rings is 1. The molecule has 0 fully saturated rings. The first kappa shape index (κ1) is 26.3. The normalized spacial score (nSPS) is 15.5. The molecule has 0 saturated carbocycles. The Labute approximate surface area is 232 Å². The van der Waals surface area contributed by atoms with Crippen molar-refractivity contribution in [2.45, 2.75) is 47.8 Å². The number of carbonyl (C=O) groups is 1. The average Bonchev–Trinajstić information content (AvgIpc) is 3.46. The van der Waals surface area contributed by atoms with Crippen LogP contribution in [-0.2, 0) is 9.53 Å². The van der Waals surface area contributed by atoms with Crippen LogP contribution in [-0.4, -0.2) is 22.9 Å². The molecule has 1 atom stereocenters. The van der Waals surface area contributed by atoms with E-state index in [-0.39, 0.29) is 11.7 Å². The Morgan fingerprint density at radius 3 is 2.50 bits per heavy atom. The molecule has 1 aliphatic rings. The number of aromatic nitrogens is 1. The number of rotatable bonds is 7. The zero-order chi connectivity index (χ0) is 26.8. The van der Waals surface area contributed by atoms with Gasteiger partial charge in [0.15, 0.2) is 9.89 Å². The predicted octanol–water partition coefficient (Wildman–Crippen LogP) is 5.65. The van der Waals surface area contributed by atoms with E-state index in [1.165, 1.54) is 23.1 Å². The second-order valence-corrected chi connectivity index (χ2v) is 11.8. The smallest absolute Gasteiger partial charge is 0.338 e. The number of nitrogens with zero attached hydrogens (tertiary/aromatic N) is 2. The highest BCUT2D eigenvalue weighted by molar-refractivity contribution is 7.99. The first-order chi connectivity index (χ1) is 18.3. The van der Waals surface area contributed by atoms with E-state index in [4.69, 9.17) is 9.15 Å². The van der Waals surface area contributed by atoms with Crippen molar-refractivity contribution in [3.8, 4) is 0 Å². The summed E-state index contributed by atoms with van der Waals surface area (Å²) in [5.41, 5.74) is 1.50. The van der Waals surface area contributed by atoms with Crippen LogP contribution < -0.4 is 14.9 Å². The van der Waals surface area contributed by atoms with Gasteiger partial charge < -0.3 is 9.15 Å². The minimum Gasteiger partial charge on any atom is -0.459 e. The molecule has 0 spiro atoms. The Kier molecular flexibility index (Phi) is 7.78. The molecule has 0 radical (unpaired) electrons. The highest BCUT2D eigenvalue weighted by Gasteiger charge is 2.33. The number of hydrogen-bond donors (Lipinski definition) is 0. The SMILES string of the molecule is CSc1ccc([C@@H]2C(C(=O)OC(C)C)=C(C)N=c3s/c(=C/c4ccc(Sc5ccccc5)o4)c(=O)n32)cc1. The van der Waals surface area contributed by atoms with Crippen molar-refractivity contribution in [1.29, 1.82) is 0 Å². The highest BCUT2D eigenvalue weighted by atomic mass is 32.2. The number of ether oxygens (including phenoxy) is 1. The molecule has 3 heterocycles. The fourth-order valence-corrected chi connectivity index (χ4v) is 6.40. The summed E-state index contributed by atoms with van der Waals surface area (Å²) in [5.74, 6) is 0.104. The minimum atomic E-state index is -0.642. The largest absolute Gasteiger partial charge is 0.459 e. The number of allylic oxidation sites excluding steroid dienone is 1. The Morgan fingerprint density at radius 2 is 1.82 bits per heavy atom. The quantitative estimate of drug-likeness (QED) is 0.214. The topological polar surface area (TPSA) is 73.8 Å². The van der Waals surface area contributed by atoms with Gasteiger partial charge in [-0.05, 0) is 69.0 Å². The molecule has 2 aromatic heterocycles. The molecular weight excluding hydrogens is 537 g/mol. The Hall–Kier alpha value is -3.27. The van der Waals surface area contributed by atoms with Crippen molar-refractivity contribution in [3.63, 3.8) is 0 Å². The molecule has 0 amide bonds. The number of thioether (sulfide) groups is 1.